The molecule has 0 spiro atoms. The monoisotopic (exact) mass is 311 g/mol. The second kappa shape index (κ2) is 5.72. The number of benzene rings is 1. The van der Waals surface area contributed by atoms with Gasteiger partial charge in [0.1, 0.15) is 5.76 Å². The Kier molecular flexibility index (Phi) is 3.56. The Morgan fingerprint density at radius 2 is 2.26 bits per heavy atom. The molecule has 0 bridgehead atoms. The molecule has 2 aliphatic rings. The van der Waals surface area contributed by atoms with E-state index in [0.29, 0.717) is 18.2 Å². The summed E-state index contributed by atoms with van der Waals surface area (Å²) in [5, 5.41) is 6.86. The van der Waals surface area contributed by atoms with E-state index >= 15 is 0 Å². The number of hydrogen-bond acceptors (Lipinski definition) is 4. The van der Waals surface area contributed by atoms with Crippen LogP contribution in [0.3, 0.4) is 0 Å². The molecule has 1 aromatic carbocycles. The van der Waals surface area contributed by atoms with Crippen molar-refractivity contribution < 1.29 is 9.32 Å². The second-order valence-electron chi connectivity index (χ2n) is 6.52. The predicted molar refractivity (Wildman–Crippen MR) is 87.8 cm³/mol. The van der Waals surface area contributed by atoms with Crippen LogP contribution in [0.5, 0.6) is 0 Å². The molecule has 1 fully saturated rings. The van der Waals surface area contributed by atoms with Crippen molar-refractivity contribution >= 4 is 11.6 Å². The average Bonchev–Trinajstić information content (AvgIpc) is 3.14. The molecule has 0 radical (unpaired) electrons. The Balaban J connectivity index is 1.36. The van der Waals surface area contributed by atoms with Crippen LogP contribution in [0.2, 0.25) is 0 Å². The standard InChI is InChI=1S/C18H21N3O2/c1-12(21-9-8-13-4-2-3-5-16(13)21)11-19-18(22)15-10-17(23-20-15)14-6-7-14/h2-5,10,12,14H,6-9,11H2,1H3,(H,19,22)/t12-/m1/s1. The summed E-state index contributed by atoms with van der Waals surface area (Å²) in [7, 11) is 0. The van der Waals surface area contributed by atoms with Crippen LogP contribution >= 0.6 is 0 Å². The third kappa shape index (κ3) is 2.83. The van der Waals surface area contributed by atoms with Gasteiger partial charge in [0, 0.05) is 36.8 Å². The van der Waals surface area contributed by atoms with Gasteiger partial charge in [-0.2, -0.15) is 0 Å². The molecule has 1 aliphatic heterocycles. The van der Waals surface area contributed by atoms with E-state index in [1.807, 2.05) is 0 Å². The maximum atomic E-state index is 12.2. The number of carbonyl (C=O) groups excluding carboxylic acids is 1. The molecule has 4 rings (SSSR count). The number of aromatic nitrogens is 1. The van der Waals surface area contributed by atoms with Gasteiger partial charge in [0.2, 0.25) is 0 Å². The molecule has 1 aromatic heterocycles. The lowest BCUT2D eigenvalue weighted by Crippen LogP contribution is -2.41. The van der Waals surface area contributed by atoms with Crippen molar-refractivity contribution in [3.05, 3.63) is 47.3 Å². The van der Waals surface area contributed by atoms with Crippen LogP contribution in [0, 0.1) is 0 Å². The number of rotatable bonds is 5. The number of nitrogens with one attached hydrogen (secondary N) is 1. The zero-order valence-corrected chi connectivity index (χ0v) is 13.3. The molecule has 120 valence electrons. The Hall–Kier alpha value is -2.30. The van der Waals surface area contributed by atoms with Crippen molar-refractivity contribution in [1.29, 1.82) is 0 Å². The quantitative estimate of drug-likeness (QED) is 0.922. The van der Waals surface area contributed by atoms with E-state index in [9.17, 15) is 4.79 Å². The largest absolute Gasteiger partial charge is 0.366 e. The highest BCUT2D eigenvalue weighted by Gasteiger charge is 2.29. The van der Waals surface area contributed by atoms with Gasteiger partial charge < -0.3 is 14.7 Å². The maximum absolute atomic E-state index is 12.2. The summed E-state index contributed by atoms with van der Waals surface area (Å²) >= 11 is 0. The summed E-state index contributed by atoms with van der Waals surface area (Å²) in [5.74, 6) is 1.17. The molecule has 2 aromatic rings. The van der Waals surface area contributed by atoms with E-state index in [1.54, 1.807) is 6.07 Å². The van der Waals surface area contributed by atoms with E-state index < -0.39 is 0 Å². The number of nitrogens with zero attached hydrogens (tertiary/aromatic N) is 2. The van der Waals surface area contributed by atoms with Crippen molar-refractivity contribution in [2.24, 2.45) is 0 Å². The Morgan fingerprint density at radius 1 is 1.43 bits per heavy atom. The van der Waals surface area contributed by atoms with Gasteiger partial charge in [0.25, 0.3) is 5.91 Å². The van der Waals surface area contributed by atoms with Crippen molar-refractivity contribution in [3.8, 4) is 0 Å². The van der Waals surface area contributed by atoms with E-state index in [1.165, 1.54) is 11.3 Å². The fourth-order valence-electron chi connectivity index (χ4n) is 3.22. The van der Waals surface area contributed by atoms with E-state index in [-0.39, 0.29) is 11.9 Å². The predicted octanol–water partition coefficient (Wildman–Crippen LogP) is 2.73. The first-order valence-corrected chi connectivity index (χ1v) is 8.32. The number of para-hydroxylation sites is 1. The van der Waals surface area contributed by atoms with Gasteiger partial charge >= 0.3 is 0 Å². The Bertz CT molecular complexity index is 721. The van der Waals surface area contributed by atoms with Gasteiger partial charge in [0.15, 0.2) is 5.69 Å². The van der Waals surface area contributed by atoms with Crippen molar-refractivity contribution in [2.75, 3.05) is 18.0 Å². The molecule has 0 saturated heterocycles. The summed E-state index contributed by atoms with van der Waals surface area (Å²) in [6, 6.07) is 10.5. The van der Waals surface area contributed by atoms with Crippen molar-refractivity contribution in [1.82, 2.24) is 10.5 Å². The summed E-state index contributed by atoms with van der Waals surface area (Å²) in [5.41, 5.74) is 3.06. The van der Waals surface area contributed by atoms with Crippen LogP contribution < -0.4 is 10.2 Å². The molecule has 1 saturated carbocycles. The zero-order chi connectivity index (χ0) is 15.8. The summed E-state index contributed by atoms with van der Waals surface area (Å²) in [4.78, 5) is 14.6. The van der Waals surface area contributed by atoms with Gasteiger partial charge in [-0.3, -0.25) is 4.79 Å². The van der Waals surface area contributed by atoms with Crippen LogP contribution in [-0.2, 0) is 6.42 Å². The number of carbonyl (C=O) groups is 1. The fourth-order valence-corrected chi connectivity index (χ4v) is 3.22. The van der Waals surface area contributed by atoms with Crippen LogP contribution in [0.25, 0.3) is 0 Å². The molecule has 1 N–H and O–H groups in total. The van der Waals surface area contributed by atoms with Gasteiger partial charge in [-0.15, -0.1) is 0 Å². The second-order valence-corrected chi connectivity index (χ2v) is 6.52. The Morgan fingerprint density at radius 3 is 3.09 bits per heavy atom. The number of amides is 1. The molecule has 0 unspecified atom stereocenters. The highest BCUT2D eigenvalue weighted by atomic mass is 16.5. The first-order valence-electron chi connectivity index (χ1n) is 8.32. The highest BCUT2D eigenvalue weighted by molar-refractivity contribution is 5.92. The van der Waals surface area contributed by atoms with Gasteiger partial charge in [-0.1, -0.05) is 23.4 Å². The molecule has 1 aliphatic carbocycles. The van der Waals surface area contributed by atoms with E-state index in [0.717, 1.165) is 31.6 Å². The molecule has 23 heavy (non-hydrogen) atoms. The van der Waals surface area contributed by atoms with Crippen LogP contribution in [0.1, 0.15) is 47.5 Å². The van der Waals surface area contributed by atoms with E-state index in [4.69, 9.17) is 4.52 Å². The molecule has 5 nitrogen and oxygen atoms in total. The lowest BCUT2D eigenvalue weighted by Gasteiger charge is -2.27. The molecular weight excluding hydrogens is 290 g/mol. The minimum absolute atomic E-state index is 0.153. The van der Waals surface area contributed by atoms with Gasteiger partial charge in [-0.05, 0) is 37.8 Å². The molecule has 1 amide bonds. The van der Waals surface area contributed by atoms with Crippen LogP contribution in [0.15, 0.2) is 34.9 Å². The number of fused-ring (bicyclic) bond motifs is 1. The average molecular weight is 311 g/mol. The van der Waals surface area contributed by atoms with Crippen molar-refractivity contribution in [2.45, 2.75) is 38.1 Å². The summed E-state index contributed by atoms with van der Waals surface area (Å²) < 4.78 is 5.24. The first-order chi connectivity index (χ1) is 11.2. The fraction of sp³-hybridized carbons (Fsp3) is 0.444. The minimum atomic E-state index is -0.153. The lowest BCUT2D eigenvalue weighted by molar-refractivity contribution is 0.0942. The van der Waals surface area contributed by atoms with Gasteiger partial charge in [-0.25, -0.2) is 0 Å². The van der Waals surface area contributed by atoms with Crippen LogP contribution in [0.4, 0.5) is 5.69 Å². The zero-order valence-electron chi connectivity index (χ0n) is 13.3. The smallest absolute Gasteiger partial charge is 0.273 e. The number of hydrogen-bond donors (Lipinski definition) is 1. The SMILES string of the molecule is C[C@H](CNC(=O)c1cc(C2CC2)on1)N1CCc2ccccc21. The summed E-state index contributed by atoms with van der Waals surface area (Å²) in [6.45, 7) is 3.74. The third-order valence-electron chi connectivity index (χ3n) is 4.75. The molecule has 2 heterocycles. The molecule has 5 heteroatoms. The lowest BCUT2D eigenvalue weighted by atomic mass is 10.2. The number of anilines is 1. The highest BCUT2D eigenvalue weighted by Crippen LogP contribution is 2.40. The normalized spacial score (nSPS) is 17.9. The molecule has 1 atom stereocenters. The summed E-state index contributed by atoms with van der Waals surface area (Å²) in [6.07, 6.45) is 3.35. The Labute approximate surface area is 135 Å². The third-order valence-corrected chi connectivity index (χ3v) is 4.75. The van der Waals surface area contributed by atoms with Crippen LogP contribution in [-0.4, -0.2) is 30.2 Å². The maximum Gasteiger partial charge on any atom is 0.273 e. The topological polar surface area (TPSA) is 58.4 Å². The van der Waals surface area contributed by atoms with Gasteiger partial charge in [0.05, 0.1) is 0 Å². The molecular formula is C18H21N3O2. The minimum Gasteiger partial charge on any atom is -0.366 e. The first kappa shape index (κ1) is 14.3. The van der Waals surface area contributed by atoms with Crippen molar-refractivity contribution in [3.63, 3.8) is 0 Å². The van der Waals surface area contributed by atoms with E-state index in [2.05, 4.69) is 46.6 Å².